The molecule has 3 nitrogen and oxygen atoms in total. The van der Waals surface area contributed by atoms with Crippen LogP contribution in [0.3, 0.4) is 0 Å². The number of hydrogen-bond donors (Lipinski definition) is 1. The molecule has 0 radical (unpaired) electrons. The molecule has 1 aromatic rings. The van der Waals surface area contributed by atoms with Crippen molar-refractivity contribution in [3.63, 3.8) is 0 Å². The van der Waals surface area contributed by atoms with Crippen LogP contribution in [0, 0.1) is 6.92 Å². The first kappa shape index (κ1) is 11.2. The lowest BCUT2D eigenvalue weighted by atomic mass is 10.1. The van der Waals surface area contributed by atoms with E-state index in [0.29, 0.717) is 6.41 Å². The SMILES string of the molecule is CC(=CC(=O)NC=O)c1ccc(C)cc1. The first-order valence-electron chi connectivity index (χ1n) is 4.63. The van der Waals surface area contributed by atoms with Gasteiger partial charge in [-0.2, -0.15) is 0 Å². The van der Waals surface area contributed by atoms with E-state index in [1.54, 1.807) is 0 Å². The number of imide groups is 1. The molecular formula is C12H13NO2. The van der Waals surface area contributed by atoms with Gasteiger partial charge in [-0.25, -0.2) is 0 Å². The number of benzene rings is 1. The Labute approximate surface area is 88.8 Å². The van der Waals surface area contributed by atoms with Crippen molar-refractivity contribution in [2.75, 3.05) is 0 Å². The maximum Gasteiger partial charge on any atom is 0.250 e. The lowest BCUT2D eigenvalue weighted by Crippen LogP contribution is -2.18. The van der Waals surface area contributed by atoms with Crippen LogP contribution in [0.15, 0.2) is 30.3 Å². The Bertz CT molecular complexity index is 391. The molecule has 2 amide bonds. The summed E-state index contributed by atoms with van der Waals surface area (Å²) in [6.07, 6.45) is 1.78. The van der Waals surface area contributed by atoms with E-state index in [0.717, 1.165) is 11.1 Å². The zero-order valence-corrected chi connectivity index (χ0v) is 8.78. The van der Waals surface area contributed by atoms with Crippen LogP contribution < -0.4 is 5.32 Å². The Morgan fingerprint density at radius 2 is 1.87 bits per heavy atom. The summed E-state index contributed by atoms with van der Waals surface area (Å²) in [4.78, 5) is 21.1. The molecule has 1 aromatic carbocycles. The number of carbonyl (C=O) groups excluding carboxylic acids is 2. The summed E-state index contributed by atoms with van der Waals surface area (Å²) in [5, 5.41) is 2.06. The summed E-state index contributed by atoms with van der Waals surface area (Å²) < 4.78 is 0. The zero-order chi connectivity index (χ0) is 11.3. The summed E-state index contributed by atoms with van der Waals surface area (Å²) >= 11 is 0. The molecule has 0 unspecified atom stereocenters. The molecule has 0 heterocycles. The second-order valence-electron chi connectivity index (χ2n) is 3.32. The zero-order valence-electron chi connectivity index (χ0n) is 8.78. The number of amides is 2. The van der Waals surface area contributed by atoms with Crippen LogP contribution >= 0.6 is 0 Å². The Morgan fingerprint density at radius 3 is 2.40 bits per heavy atom. The number of carbonyl (C=O) groups is 2. The largest absolute Gasteiger partial charge is 0.295 e. The maximum atomic E-state index is 11.1. The maximum absolute atomic E-state index is 11.1. The minimum absolute atomic E-state index is 0.376. The third kappa shape index (κ3) is 3.38. The molecule has 0 saturated carbocycles. The van der Waals surface area contributed by atoms with Crippen molar-refractivity contribution in [3.05, 3.63) is 41.5 Å². The van der Waals surface area contributed by atoms with Gasteiger partial charge in [-0.15, -0.1) is 0 Å². The molecule has 78 valence electrons. The van der Waals surface area contributed by atoms with Crippen LogP contribution in [-0.2, 0) is 9.59 Å². The molecular weight excluding hydrogens is 190 g/mol. The van der Waals surface area contributed by atoms with Crippen LogP contribution in [0.5, 0.6) is 0 Å². The van der Waals surface area contributed by atoms with E-state index in [1.165, 1.54) is 11.6 Å². The highest BCUT2D eigenvalue weighted by atomic mass is 16.2. The minimum atomic E-state index is -0.400. The average Bonchev–Trinajstić information content (AvgIpc) is 2.18. The molecule has 0 fully saturated rings. The third-order valence-electron chi connectivity index (χ3n) is 2.06. The second-order valence-corrected chi connectivity index (χ2v) is 3.32. The van der Waals surface area contributed by atoms with Crippen molar-refractivity contribution in [1.29, 1.82) is 0 Å². The standard InChI is InChI=1S/C12H13NO2/c1-9-3-5-11(6-4-9)10(2)7-12(15)13-8-14/h3-8H,1-2H3,(H,13,14,15). The van der Waals surface area contributed by atoms with E-state index in [2.05, 4.69) is 5.32 Å². The first-order valence-corrected chi connectivity index (χ1v) is 4.63. The number of allylic oxidation sites excluding steroid dienone is 1. The van der Waals surface area contributed by atoms with E-state index in [4.69, 9.17) is 0 Å². The van der Waals surface area contributed by atoms with Gasteiger partial charge in [-0.3, -0.25) is 14.9 Å². The summed E-state index contributed by atoms with van der Waals surface area (Å²) in [7, 11) is 0. The first-order chi connectivity index (χ1) is 7.13. The van der Waals surface area contributed by atoms with Crippen molar-refractivity contribution in [1.82, 2.24) is 5.32 Å². The van der Waals surface area contributed by atoms with Crippen LogP contribution in [0.25, 0.3) is 5.57 Å². The quantitative estimate of drug-likeness (QED) is 0.600. The molecule has 0 saturated heterocycles. The molecule has 3 heteroatoms. The highest BCUT2D eigenvalue weighted by molar-refractivity contribution is 5.99. The lowest BCUT2D eigenvalue weighted by Gasteiger charge is -2.01. The van der Waals surface area contributed by atoms with Gasteiger partial charge in [0.25, 0.3) is 5.91 Å². The smallest absolute Gasteiger partial charge is 0.250 e. The van der Waals surface area contributed by atoms with E-state index in [-0.39, 0.29) is 0 Å². The van der Waals surface area contributed by atoms with Gasteiger partial charge in [0, 0.05) is 6.08 Å². The van der Waals surface area contributed by atoms with Gasteiger partial charge in [0.15, 0.2) is 0 Å². The number of aryl methyl sites for hydroxylation is 1. The molecule has 1 N–H and O–H groups in total. The molecule has 0 bridgehead atoms. The van der Waals surface area contributed by atoms with Crippen LogP contribution in [-0.4, -0.2) is 12.3 Å². The predicted octanol–water partition coefficient (Wildman–Crippen LogP) is 1.67. The minimum Gasteiger partial charge on any atom is -0.295 e. The lowest BCUT2D eigenvalue weighted by molar-refractivity contribution is -0.121. The molecule has 0 atom stereocenters. The fourth-order valence-corrected chi connectivity index (χ4v) is 1.20. The number of rotatable bonds is 3. The van der Waals surface area contributed by atoms with E-state index >= 15 is 0 Å². The summed E-state index contributed by atoms with van der Waals surface area (Å²) in [5.41, 5.74) is 2.97. The molecule has 0 aromatic heterocycles. The van der Waals surface area contributed by atoms with Gasteiger partial charge in [-0.1, -0.05) is 29.8 Å². The van der Waals surface area contributed by atoms with E-state index < -0.39 is 5.91 Å². The van der Waals surface area contributed by atoms with Gasteiger partial charge >= 0.3 is 0 Å². The number of nitrogens with one attached hydrogen (secondary N) is 1. The van der Waals surface area contributed by atoms with Crippen LogP contribution in [0.2, 0.25) is 0 Å². The Hall–Kier alpha value is -1.90. The highest BCUT2D eigenvalue weighted by Crippen LogP contribution is 2.13. The van der Waals surface area contributed by atoms with Gasteiger partial charge in [-0.05, 0) is 25.0 Å². The second kappa shape index (κ2) is 5.10. The fourth-order valence-electron chi connectivity index (χ4n) is 1.20. The van der Waals surface area contributed by atoms with E-state index in [1.807, 2.05) is 38.1 Å². The predicted molar refractivity (Wildman–Crippen MR) is 59.0 cm³/mol. The number of hydrogen-bond acceptors (Lipinski definition) is 2. The van der Waals surface area contributed by atoms with Crippen molar-refractivity contribution < 1.29 is 9.59 Å². The normalized spacial score (nSPS) is 10.9. The summed E-state index contributed by atoms with van der Waals surface area (Å²) in [6, 6.07) is 7.83. The molecule has 0 aliphatic carbocycles. The molecule has 1 rings (SSSR count). The Kier molecular flexibility index (Phi) is 3.80. The van der Waals surface area contributed by atoms with Crippen molar-refractivity contribution in [2.24, 2.45) is 0 Å². The third-order valence-corrected chi connectivity index (χ3v) is 2.06. The van der Waals surface area contributed by atoms with Gasteiger partial charge in [0.2, 0.25) is 6.41 Å². The average molecular weight is 203 g/mol. The Balaban J connectivity index is 2.84. The topological polar surface area (TPSA) is 46.2 Å². The summed E-state index contributed by atoms with van der Waals surface area (Å²) in [5.74, 6) is -0.400. The molecule has 0 aliphatic rings. The van der Waals surface area contributed by atoms with Gasteiger partial charge in [0.05, 0.1) is 0 Å². The fraction of sp³-hybridized carbons (Fsp3) is 0.167. The van der Waals surface area contributed by atoms with Crippen molar-refractivity contribution in [3.8, 4) is 0 Å². The van der Waals surface area contributed by atoms with Crippen molar-refractivity contribution in [2.45, 2.75) is 13.8 Å². The highest BCUT2D eigenvalue weighted by Gasteiger charge is 1.98. The van der Waals surface area contributed by atoms with Gasteiger partial charge < -0.3 is 0 Å². The van der Waals surface area contributed by atoms with Crippen LogP contribution in [0.4, 0.5) is 0 Å². The molecule has 0 spiro atoms. The summed E-state index contributed by atoms with van der Waals surface area (Å²) in [6.45, 7) is 3.83. The van der Waals surface area contributed by atoms with Crippen molar-refractivity contribution >= 4 is 17.9 Å². The molecule has 15 heavy (non-hydrogen) atoms. The Morgan fingerprint density at radius 1 is 1.27 bits per heavy atom. The monoisotopic (exact) mass is 203 g/mol. The van der Waals surface area contributed by atoms with E-state index in [9.17, 15) is 9.59 Å². The van der Waals surface area contributed by atoms with Crippen LogP contribution in [0.1, 0.15) is 18.1 Å². The molecule has 0 aliphatic heterocycles. The van der Waals surface area contributed by atoms with Gasteiger partial charge in [0.1, 0.15) is 0 Å².